The summed E-state index contributed by atoms with van der Waals surface area (Å²) in [5.41, 5.74) is 1.28. The molecule has 18 heavy (non-hydrogen) atoms. The molecule has 0 aliphatic heterocycles. The minimum Gasteiger partial charge on any atom is -0.392 e. The van der Waals surface area contributed by atoms with Gasteiger partial charge in [-0.15, -0.1) is 0 Å². The van der Waals surface area contributed by atoms with Crippen LogP contribution in [0, 0.1) is 0 Å². The van der Waals surface area contributed by atoms with Crippen molar-refractivity contribution in [3.8, 4) is 0 Å². The Balaban J connectivity index is 2.27. The van der Waals surface area contributed by atoms with Crippen molar-refractivity contribution in [1.29, 1.82) is 0 Å². The summed E-state index contributed by atoms with van der Waals surface area (Å²) in [5, 5.41) is 9.30. The minimum absolute atomic E-state index is 0.0824. The molecular formula is C13H17N3O2. The number of nitrogens with zero attached hydrogens (tertiary/aromatic N) is 3. The van der Waals surface area contributed by atoms with Crippen molar-refractivity contribution in [2.24, 2.45) is 0 Å². The van der Waals surface area contributed by atoms with Crippen LogP contribution in [0.5, 0.6) is 0 Å². The first kappa shape index (κ1) is 12.7. The zero-order chi connectivity index (χ0) is 13.1. The van der Waals surface area contributed by atoms with Crippen LogP contribution in [0.25, 0.3) is 5.65 Å². The second-order valence-corrected chi connectivity index (χ2v) is 4.56. The van der Waals surface area contributed by atoms with E-state index in [1.54, 1.807) is 25.3 Å². The van der Waals surface area contributed by atoms with Crippen LogP contribution in [0.2, 0.25) is 0 Å². The van der Waals surface area contributed by atoms with E-state index in [0.29, 0.717) is 24.4 Å². The summed E-state index contributed by atoms with van der Waals surface area (Å²) < 4.78 is 1.51. The van der Waals surface area contributed by atoms with E-state index in [-0.39, 0.29) is 5.56 Å². The Morgan fingerprint density at radius 2 is 2.28 bits per heavy atom. The van der Waals surface area contributed by atoms with E-state index in [4.69, 9.17) is 0 Å². The van der Waals surface area contributed by atoms with Crippen LogP contribution >= 0.6 is 0 Å². The van der Waals surface area contributed by atoms with Gasteiger partial charge < -0.3 is 5.11 Å². The molecule has 2 heterocycles. The van der Waals surface area contributed by atoms with Crippen LogP contribution < -0.4 is 5.56 Å². The third-order valence-corrected chi connectivity index (χ3v) is 2.63. The van der Waals surface area contributed by atoms with Gasteiger partial charge in [0.05, 0.1) is 11.8 Å². The highest BCUT2D eigenvalue weighted by molar-refractivity contribution is 5.37. The smallest absolute Gasteiger partial charge is 0.258 e. The molecule has 0 aromatic carbocycles. The van der Waals surface area contributed by atoms with Gasteiger partial charge in [-0.05, 0) is 26.1 Å². The lowest BCUT2D eigenvalue weighted by atomic mass is 10.3. The van der Waals surface area contributed by atoms with E-state index in [2.05, 4.69) is 4.98 Å². The summed E-state index contributed by atoms with van der Waals surface area (Å²) in [6, 6.07) is 6.99. The Hall–Kier alpha value is -1.72. The van der Waals surface area contributed by atoms with Crippen molar-refractivity contribution in [3.05, 3.63) is 46.5 Å². The van der Waals surface area contributed by atoms with Gasteiger partial charge >= 0.3 is 0 Å². The molecule has 2 rings (SSSR count). The fraction of sp³-hybridized carbons (Fsp3) is 0.385. The monoisotopic (exact) mass is 247 g/mol. The van der Waals surface area contributed by atoms with Crippen LogP contribution in [0.1, 0.15) is 12.6 Å². The summed E-state index contributed by atoms with van der Waals surface area (Å²) in [7, 11) is 1.89. The number of hydrogen-bond acceptors (Lipinski definition) is 4. The van der Waals surface area contributed by atoms with Crippen LogP contribution in [0.4, 0.5) is 0 Å². The SMILES string of the molecule is CC(O)CN(C)Cc1cc(=O)n2ccccc2n1. The van der Waals surface area contributed by atoms with Crippen molar-refractivity contribution in [1.82, 2.24) is 14.3 Å². The Bertz CT molecular complexity index is 592. The van der Waals surface area contributed by atoms with E-state index in [0.717, 1.165) is 0 Å². The molecule has 1 unspecified atom stereocenters. The van der Waals surface area contributed by atoms with Gasteiger partial charge in [-0.3, -0.25) is 14.1 Å². The number of aromatic nitrogens is 2. The zero-order valence-corrected chi connectivity index (χ0v) is 10.6. The molecule has 5 nitrogen and oxygen atoms in total. The Kier molecular flexibility index (Phi) is 3.74. The highest BCUT2D eigenvalue weighted by Gasteiger charge is 2.07. The van der Waals surface area contributed by atoms with Crippen molar-refractivity contribution in [3.63, 3.8) is 0 Å². The maximum atomic E-state index is 11.9. The normalized spacial score (nSPS) is 13.1. The first-order valence-electron chi connectivity index (χ1n) is 5.90. The molecule has 0 fully saturated rings. The molecule has 0 saturated heterocycles. The molecule has 1 N–H and O–H groups in total. The van der Waals surface area contributed by atoms with E-state index in [1.807, 2.05) is 18.0 Å². The van der Waals surface area contributed by atoms with E-state index in [1.165, 1.54) is 10.5 Å². The first-order valence-corrected chi connectivity index (χ1v) is 5.90. The largest absolute Gasteiger partial charge is 0.392 e. The number of fused-ring (bicyclic) bond motifs is 1. The molecule has 1 atom stereocenters. The molecule has 0 radical (unpaired) electrons. The van der Waals surface area contributed by atoms with E-state index < -0.39 is 6.10 Å². The van der Waals surface area contributed by atoms with Gasteiger partial charge in [0, 0.05) is 25.4 Å². The minimum atomic E-state index is -0.392. The Morgan fingerprint density at radius 1 is 1.50 bits per heavy atom. The topological polar surface area (TPSA) is 57.8 Å². The predicted octanol–water partition coefficient (Wildman–Crippen LogP) is 0.507. The number of pyridine rings is 1. The molecule has 0 saturated carbocycles. The van der Waals surface area contributed by atoms with Gasteiger partial charge in [0.15, 0.2) is 0 Å². The molecule has 0 spiro atoms. The lowest BCUT2D eigenvalue weighted by Crippen LogP contribution is -2.28. The molecule has 0 aliphatic rings. The third kappa shape index (κ3) is 2.94. The van der Waals surface area contributed by atoms with Crippen LogP contribution in [0.15, 0.2) is 35.3 Å². The van der Waals surface area contributed by atoms with Gasteiger partial charge in [0.2, 0.25) is 0 Å². The average Bonchev–Trinajstić information content (AvgIpc) is 2.27. The van der Waals surface area contributed by atoms with Gasteiger partial charge in [-0.2, -0.15) is 0 Å². The fourth-order valence-electron chi connectivity index (χ4n) is 1.98. The fourth-order valence-corrected chi connectivity index (χ4v) is 1.98. The summed E-state index contributed by atoms with van der Waals surface area (Å²) in [6.07, 6.45) is 1.31. The first-order chi connectivity index (χ1) is 8.56. The summed E-state index contributed by atoms with van der Waals surface area (Å²) >= 11 is 0. The lowest BCUT2D eigenvalue weighted by Gasteiger charge is -2.17. The highest BCUT2D eigenvalue weighted by Crippen LogP contribution is 2.02. The number of aliphatic hydroxyl groups excluding tert-OH is 1. The number of hydrogen-bond donors (Lipinski definition) is 1. The Morgan fingerprint density at radius 3 is 3.00 bits per heavy atom. The van der Waals surface area contributed by atoms with Crippen LogP contribution in [-0.4, -0.2) is 39.1 Å². The van der Waals surface area contributed by atoms with Crippen molar-refractivity contribution < 1.29 is 5.11 Å². The number of likely N-dealkylation sites (N-methyl/N-ethyl adjacent to an activating group) is 1. The second-order valence-electron chi connectivity index (χ2n) is 4.56. The third-order valence-electron chi connectivity index (χ3n) is 2.63. The van der Waals surface area contributed by atoms with Gasteiger partial charge in [0.1, 0.15) is 5.65 Å². The maximum absolute atomic E-state index is 11.9. The van der Waals surface area contributed by atoms with Crippen LogP contribution in [0.3, 0.4) is 0 Å². The van der Waals surface area contributed by atoms with Crippen LogP contribution in [-0.2, 0) is 6.54 Å². The molecule has 5 heteroatoms. The summed E-state index contributed by atoms with van der Waals surface area (Å²) in [5.74, 6) is 0. The van der Waals surface area contributed by atoms with Crippen molar-refractivity contribution >= 4 is 5.65 Å². The second kappa shape index (κ2) is 5.29. The molecule has 2 aromatic rings. The van der Waals surface area contributed by atoms with Gasteiger partial charge in [-0.25, -0.2) is 4.98 Å². The molecule has 0 aliphatic carbocycles. The quantitative estimate of drug-likeness (QED) is 0.855. The Labute approximate surface area is 105 Å². The van der Waals surface area contributed by atoms with E-state index in [9.17, 15) is 9.90 Å². The molecule has 0 amide bonds. The van der Waals surface area contributed by atoms with Gasteiger partial charge in [0.25, 0.3) is 5.56 Å². The lowest BCUT2D eigenvalue weighted by molar-refractivity contribution is 0.138. The standard InChI is InChI=1S/C13H17N3O2/c1-10(17)8-15(2)9-11-7-13(18)16-6-4-3-5-12(16)14-11/h3-7,10,17H,8-9H2,1-2H3. The van der Waals surface area contributed by atoms with Gasteiger partial charge in [-0.1, -0.05) is 6.07 Å². The highest BCUT2D eigenvalue weighted by atomic mass is 16.3. The van der Waals surface area contributed by atoms with Crippen molar-refractivity contribution in [2.45, 2.75) is 19.6 Å². The summed E-state index contributed by atoms with van der Waals surface area (Å²) in [6.45, 7) is 2.83. The summed E-state index contributed by atoms with van der Waals surface area (Å²) in [4.78, 5) is 18.2. The average molecular weight is 247 g/mol. The number of rotatable bonds is 4. The molecule has 2 aromatic heterocycles. The number of aliphatic hydroxyl groups is 1. The van der Waals surface area contributed by atoms with Crippen molar-refractivity contribution in [2.75, 3.05) is 13.6 Å². The zero-order valence-electron chi connectivity index (χ0n) is 10.6. The molecular weight excluding hydrogens is 230 g/mol. The maximum Gasteiger partial charge on any atom is 0.258 e. The van der Waals surface area contributed by atoms with E-state index >= 15 is 0 Å². The molecule has 96 valence electrons. The predicted molar refractivity (Wildman–Crippen MR) is 69.5 cm³/mol. The molecule has 0 bridgehead atoms.